The maximum absolute atomic E-state index is 5.90. The van der Waals surface area contributed by atoms with Gasteiger partial charge >= 0.3 is 0 Å². The highest BCUT2D eigenvalue weighted by Crippen LogP contribution is 2.33. The van der Waals surface area contributed by atoms with Crippen molar-refractivity contribution in [3.05, 3.63) is 0 Å². The van der Waals surface area contributed by atoms with Gasteiger partial charge in [-0.15, -0.1) is 0 Å². The van der Waals surface area contributed by atoms with E-state index in [1.54, 1.807) is 7.11 Å². The van der Waals surface area contributed by atoms with E-state index in [1.165, 1.54) is 32.1 Å². The molecule has 1 heterocycles. The zero-order chi connectivity index (χ0) is 12.1. The molecule has 2 fully saturated rings. The van der Waals surface area contributed by atoms with Gasteiger partial charge in [-0.1, -0.05) is 26.2 Å². The summed E-state index contributed by atoms with van der Waals surface area (Å²) in [5, 5.41) is 0. The molecule has 1 aliphatic heterocycles. The molecule has 1 aliphatic carbocycles. The van der Waals surface area contributed by atoms with Crippen molar-refractivity contribution >= 4 is 0 Å². The first-order valence-electron chi connectivity index (χ1n) is 7.11. The molecule has 0 N–H and O–H groups in total. The summed E-state index contributed by atoms with van der Waals surface area (Å²) in [6, 6.07) is 0. The van der Waals surface area contributed by atoms with Crippen LogP contribution in [0.5, 0.6) is 0 Å². The highest BCUT2D eigenvalue weighted by atomic mass is 16.9. The smallest absolute Gasteiger partial charge is 0.282 e. The SMILES string of the molecule is CCC1CCC(COC2(OC)CCCO2)CC1. The molecular formula is C14H26O3. The van der Waals surface area contributed by atoms with E-state index in [4.69, 9.17) is 14.2 Å². The van der Waals surface area contributed by atoms with Gasteiger partial charge in [-0.2, -0.15) is 0 Å². The molecule has 100 valence electrons. The molecule has 0 bridgehead atoms. The van der Waals surface area contributed by atoms with E-state index in [-0.39, 0.29) is 0 Å². The fraction of sp³-hybridized carbons (Fsp3) is 1.00. The van der Waals surface area contributed by atoms with E-state index in [9.17, 15) is 0 Å². The van der Waals surface area contributed by atoms with Gasteiger partial charge in [0.05, 0.1) is 13.2 Å². The zero-order valence-electron chi connectivity index (χ0n) is 11.2. The fourth-order valence-corrected chi connectivity index (χ4v) is 2.97. The van der Waals surface area contributed by atoms with Gasteiger partial charge in [0.1, 0.15) is 0 Å². The van der Waals surface area contributed by atoms with Crippen molar-refractivity contribution in [3.8, 4) is 0 Å². The Morgan fingerprint density at radius 2 is 1.88 bits per heavy atom. The number of rotatable bonds is 5. The molecule has 1 saturated carbocycles. The standard InChI is InChI=1S/C14H26O3/c1-3-12-5-7-13(8-6-12)11-17-14(15-2)9-4-10-16-14/h12-13H,3-11H2,1-2H3. The summed E-state index contributed by atoms with van der Waals surface area (Å²) in [6.45, 7) is 3.86. The molecule has 17 heavy (non-hydrogen) atoms. The molecule has 0 spiro atoms. The van der Waals surface area contributed by atoms with Gasteiger partial charge < -0.3 is 14.2 Å². The van der Waals surface area contributed by atoms with Crippen molar-refractivity contribution in [1.82, 2.24) is 0 Å². The third-order valence-corrected chi connectivity index (χ3v) is 4.34. The number of ether oxygens (including phenoxy) is 3. The Bertz CT molecular complexity index is 216. The first-order valence-corrected chi connectivity index (χ1v) is 7.11. The second-order valence-corrected chi connectivity index (χ2v) is 5.45. The molecule has 0 radical (unpaired) electrons. The van der Waals surface area contributed by atoms with Crippen LogP contribution in [0, 0.1) is 11.8 Å². The molecule has 3 heteroatoms. The van der Waals surface area contributed by atoms with Gasteiger partial charge in [0.15, 0.2) is 0 Å². The molecule has 0 aromatic carbocycles. The molecule has 2 aliphatic rings. The van der Waals surface area contributed by atoms with Crippen LogP contribution in [-0.4, -0.2) is 26.3 Å². The molecule has 2 rings (SSSR count). The van der Waals surface area contributed by atoms with E-state index in [0.717, 1.165) is 32.0 Å². The Morgan fingerprint density at radius 1 is 1.18 bits per heavy atom. The average Bonchev–Trinajstić information content (AvgIpc) is 2.86. The van der Waals surface area contributed by atoms with Crippen molar-refractivity contribution < 1.29 is 14.2 Å². The quantitative estimate of drug-likeness (QED) is 0.692. The van der Waals surface area contributed by atoms with Gasteiger partial charge in [-0.25, -0.2) is 0 Å². The van der Waals surface area contributed by atoms with Crippen LogP contribution < -0.4 is 0 Å². The van der Waals surface area contributed by atoms with Crippen LogP contribution in [-0.2, 0) is 14.2 Å². The summed E-state index contributed by atoms with van der Waals surface area (Å²) in [6.07, 6.45) is 8.58. The first-order chi connectivity index (χ1) is 8.28. The van der Waals surface area contributed by atoms with Crippen molar-refractivity contribution in [2.75, 3.05) is 20.3 Å². The van der Waals surface area contributed by atoms with E-state index in [2.05, 4.69) is 6.92 Å². The van der Waals surface area contributed by atoms with Gasteiger partial charge in [0.25, 0.3) is 5.97 Å². The lowest BCUT2D eigenvalue weighted by Crippen LogP contribution is -2.36. The monoisotopic (exact) mass is 242 g/mol. The molecule has 0 amide bonds. The lowest BCUT2D eigenvalue weighted by Gasteiger charge is -2.32. The van der Waals surface area contributed by atoms with Gasteiger partial charge in [-0.05, 0) is 31.1 Å². The maximum atomic E-state index is 5.90. The average molecular weight is 242 g/mol. The van der Waals surface area contributed by atoms with Gasteiger partial charge in [-0.3, -0.25) is 0 Å². The molecule has 0 aromatic heterocycles. The summed E-state index contributed by atoms with van der Waals surface area (Å²) in [5.74, 6) is 0.932. The van der Waals surface area contributed by atoms with Crippen LogP contribution in [0.25, 0.3) is 0 Å². The summed E-state index contributed by atoms with van der Waals surface area (Å²) < 4.78 is 16.9. The fourth-order valence-electron chi connectivity index (χ4n) is 2.97. The van der Waals surface area contributed by atoms with Gasteiger partial charge in [0.2, 0.25) is 0 Å². The highest BCUT2D eigenvalue weighted by Gasteiger charge is 2.37. The maximum Gasteiger partial charge on any atom is 0.282 e. The molecule has 1 unspecified atom stereocenters. The Kier molecular flexibility index (Phi) is 4.83. The van der Waals surface area contributed by atoms with Crippen LogP contribution in [0.3, 0.4) is 0 Å². The largest absolute Gasteiger partial charge is 0.331 e. The van der Waals surface area contributed by atoms with E-state index in [0.29, 0.717) is 5.92 Å². The Labute approximate surface area is 105 Å². The van der Waals surface area contributed by atoms with E-state index >= 15 is 0 Å². The third-order valence-electron chi connectivity index (χ3n) is 4.34. The second-order valence-electron chi connectivity index (χ2n) is 5.45. The Morgan fingerprint density at radius 3 is 2.41 bits per heavy atom. The molecule has 1 saturated heterocycles. The number of methoxy groups -OCH3 is 1. The molecule has 1 atom stereocenters. The normalized spacial score (nSPS) is 38.5. The molecule has 0 aromatic rings. The lowest BCUT2D eigenvalue weighted by atomic mass is 9.81. The van der Waals surface area contributed by atoms with Crippen molar-refractivity contribution in [2.24, 2.45) is 11.8 Å². The molecular weight excluding hydrogens is 216 g/mol. The topological polar surface area (TPSA) is 27.7 Å². The van der Waals surface area contributed by atoms with Crippen molar-refractivity contribution in [3.63, 3.8) is 0 Å². The van der Waals surface area contributed by atoms with E-state index in [1.807, 2.05) is 0 Å². The van der Waals surface area contributed by atoms with Crippen molar-refractivity contribution in [1.29, 1.82) is 0 Å². The van der Waals surface area contributed by atoms with Crippen LogP contribution >= 0.6 is 0 Å². The van der Waals surface area contributed by atoms with Gasteiger partial charge in [0, 0.05) is 13.5 Å². The van der Waals surface area contributed by atoms with Crippen LogP contribution in [0.2, 0.25) is 0 Å². The predicted molar refractivity (Wildman–Crippen MR) is 66.6 cm³/mol. The Balaban J connectivity index is 1.71. The van der Waals surface area contributed by atoms with Crippen LogP contribution in [0.1, 0.15) is 51.9 Å². The highest BCUT2D eigenvalue weighted by molar-refractivity contribution is 4.73. The predicted octanol–water partition coefficient (Wildman–Crippen LogP) is 3.33. The third kappa shape index (κ3) is 3.43. The minimum atomic E-state index is -0.721. The minimum absolute atomic E-state index is 0.703. The van der Waals surface area contributed by atoms with Crippen LogP contribution in [0.4, 0.5) is 0 Å². The zero-order valence-corrected chi connectivity index (χ0v) is 11.2. The number of hydrogen-bond donors (Lipinski definition) is 0. The first kappa shape index (κ1) is 13.3. The number of hydrogen-bond acceptors (Lipinski definition) is 3. The van der Waals surface area contributed by atoms with Crippen molar-refractivity contribution in [2.45, 2.75) is 57.8 Å². The molecule has 3 nitrogen and oxygen atoms in total. The summed E-state index contributed by atoms with van der Waals surface area (Å²) in [7, 11) is 1.68. The second kappa shape index (κ2) is 6.17. The summed E-state index contributed by atoms with van der Waals surface area (Å²) in [5.41, 5.74) is 0. The summed E-state index contributed by atoms with van der Waals surface area (Å²) >= 11 is 0. The Hall–Kier alpha value is -0.120. The summed E-state index contributed by atoms with van der Waals surface area (Å²) in [4.78, 5) is 0. The lowest BCUT2D eigenvalue weighted by molar-refractivity contribution is -0.354. The van der Waals surface area contributed by atoms with E-state index < -0.39 is 5.97 Å². The van der Waals surface area contributed by atoms with Crippen LogP contribution in [0.15, 0.2) is 0 Å². The minimum Gasteiger partial charge on any atom is -0.331 e.